The fourth-order valence-electron chi connectivity index (χ4n) is 8.68. The zero-order valence-electron chi connectivity index (χ0n) is 35.6. The van der Waals surface area contributed by atoms with Crippen molar-refractivity contribution in [2.24, 2.45) is 14.1 Å². The van der Waals surface area contributed by atoms with E-state index in [4.69, 9.17) is 4.74 Å². The lowest BCUT2D eigenvalue weighted by Crippen LogP contribution is -2.39. The first-order valence-corrected chi connectivity index (χ1v) is 21.1. The molecule has 17 heteroatoms. The Labute approximate surface area is 370 Å². The lowest BCUT2D eigenvalue weighted by molar-refractivity contribution is -0.134. The van der Waals surface area contributed by atoms with Gasteiger partial charge >= 0.3 is 5.69 Å². The van der Waals surface area contributed by atoms with Crippen LogP contribution in [0.2, 0.25) is 0 Å². The van der Waals surface area contributed by atoms with Gasteiger partial charge in [-0.25, -0.2) is 22.8 Å². The highest BCUT2D eigenvalue weighted by atomic mass is 19.1. The van der Waals surface area contributed by atoms with E-state index >= 15 is 8.78 Å². The first-order chi connectivity index (χ1) is 31.4. The molecule has 4 heterocycles. The number of hydrogen-bond donors (Lipinski definition) is 3. The third-order valence-electron chi connectivity index (χ3n) is 12.2. The predicted octanol–water partition coefficient (Wildman–Crippen LogP) is 6.71. The molecule has 3 N–H and O–H groups in total. The summed E-state index contributed by atoms with van der Waals surface area (Å²) in [6.07, 6.45) is 3.47. The Morgan fingerprint density at radius 1 is 0.815 bits per heavy atom. The molecule has 2 fully saturated rings. The monoisotopic (exact) mass is 879 g/mol. The molecule has 0 bridgehead atoms. The van der Waals surface area contributed by atoms with Crippen molar-refractivity contribution in [3.8, 4) is 28.3 Å². The third-order valence-corrected chi connectivity index (χ3v) is 12.2. The average molecular weight is 880 g/mol. The molecular weight excluding hydrogens is 837 g/mol. The van der Waals surface area contributed by atoms with Crippen molar-refractivity contribution in [2.45, 2.75) is 37.5 Å². The molecule has 2 aliphatic heterocycles. The zero-order chi connectivity index (χ0) is 45.5. The maximum Gasteiger partial charge on any atom is 0.350 e. The molecule has 0 aliphatic carbocycles. The first kappa shape index (κ1) is 42.4. The standard InChI is InChI=1S/C48H43F2N9O6/c1-51-45(61)30-5-4-6-31(23-30)53-47(63)44-42-39(56(2)55-44)17-14-36(43(42)50)35-13-10-32(59-26-52-57(3)48(59)64)25-40(35)65-33-11-7-27(8-12-33)28-19-21-58(22-20-28)38-16-9-29(24-37(38)49)34-15-18-41(60)54-46(34)62/h4-14,16-17,23-26,28,34H,15,18-22H2,1-3H3,(H,51,61)(H,53,63)(H,54,60,62). The fraction of sp³-hybridized carbons (Fsp3) is 0.229. The number of piperidine rings is 2. The summed E-state index contributed by atoms with van der Waals surface area (Å²) in [5.41, 5.74) is 3.43. The van der Waals surface area contributed by atoms with Crippen LogP contribution in [0.15, 0.2) is 108 Å². The van der Waals surface area contributed by atoms with Crippen LogP contribution >= 0.6 is 0 Å². The molecule has 5 aromatic carbocycles. The van der Waals surface area contributed by atoms with Gasteiger partial charge in [-0.1, -0.05) is 24.3 Å². The van der Waals surface area contributed by atoms with Gasteiger partial charge in [-0.3, -0.25) is 29.2 Å². The van der Waals surface area contributed by atoms with Crippen molar-refractivity contribution in [3.63, 3.8) is 0 Å². The van der Waals surface area contributed by atoms with Crippen molar-refractivity contribution in [1.82, 2.24) is 34.8 Å². The predicted molar refractivity (Wildman–Crippen MR) is 238 cm³/mol. The van der Waals surface area contributed by atoms with E-state index in [1.54, 1.807) is 67.7 Å². The minimum Gasteiger partial charge on any atom is -0.457 e. The van der Waals surface area contributed by atoms with E-state index in [-0.39, 0.29) is 46.5 Å². The van der Waals surface area contributed by atoms with Crippen LogP contribution in [-0.4, -0.2) is 67.9 Å². The van der Waals surface area contributed by atoms with Crippen LogP contribution < -0.4 is 31.3 Å². The van der Waals surface area contributed by atoms with Gasteiger partial charge in [-0.2, -0.15) is 10.2 Å². The summed E-state index contributed by atoms with van der Waals surface area (Å²) in [6, 6.07) is 27.0. The number of carbonyl (C=O) groups is 4. The minimum atomic E-state index is -0.720. The normalized spacial score (nSPS) is 15.5. The lowest BCUT2D eigenvalue weighted by atomic mass is 9.88. The molecule has 15 nitrogen and oxygen atoms in total. The van der Waals surface area contributed by atoms with Crippen LogP contribution in [0.1, 0.15) is 69.5 Å². The van der Waals surface area contributed by atoms with Crippen LogP contribution in [0, 0.1) is 11.6 Å². The number of halogens is 2. The maximum atomic E-state index is 17.0. The smallest absolute Gasteiger partial charge is 0.350 e. The SMILES string of the molecule is CNC(=O)c1cccc(NC(=O)c2nn(C)c3ccc(-c4ccc(-n5cnn(C)c5=O)cc4Oc4ccc(C5CCN(c6ccc(C7CCC(=O)NC7=O)cc6F)CC5)cc4)c(F)c23)c1. The number of nitrogens with one attached hydrogen (secondary N) is 3. The second-order valence-corrected chi connectivity index (χ2v) is 16.1. The third kappa shape index (κ3) is 8.23. The van der Waals surface area contributed by atoms with Crippen molar-refractivity contribution in [1.29, 1.82) is 0 Å². The molecule has 0 saturated carbocycles. The number of fused-ring (bicyclic) bond motifs is 1. The Kier molecular flexibility index (Phi) is 11.3. The van der Waals surface area contributed by atoms with Crippen molar-refractivity contribution < 1.29 is 32.7 Å². The van der Waals surface area contributed by atoms with Gasteiger partial charge in [0, 0.05) is 69.1 Å². The number of rotatable bonds is 10. The largest absolute Gasteiger partial charge is 0.457 e. The molecule has 330 valence electrons. The molecule has 7 aromatic rings. The summed E-state index contributed by atoms with van der Waals surface area (Å²) in [5.74, 6) is -2.55. The van der Waals surface area contributed by atoms with Crippen LogP contribution in [-0.2, 0) is 23.7 Å². The number of hydrogen-bond acceptors (Lipinski definition) is 9. The van der Waals surface area contributed by atoms with Crippen LogP contribution in [0.25, 0.3) is 27.7 Å². The van der Waals surface area contributed by atoms with Gasteiger partial charge in [0.1, 0.15) is 29.5 Å². The van der Waals surface area contributed by atoms with Crippen molar-refractivity contribution in [3.05, 3.63) is 148 Å². The quantitative estimate of drug-likeness (QED) is 0.126. The summed E-state index contributed by atoms with van der Waals surface area (Å²) >= 11 is 0. The molecule has 65 heavy (non-hydrogen) atoms. The van der Waals surface area contributed by atoms with E-state index in [2.05, 4.69) is 26.1 Å². The van der Waals surface area contributed by atoms with Gasteiger partial charge < -0.3 is 20.3 Å². The number of imide groups is 1. The van der Waals surface area contributed by atoms with Gasteiger partial charge in [0.2, 0.25) is 11.8 Å². The molecule has 0 spiro atoms. The van der Waals surface area contributed by atoms with Crippen LogP contribution in [0.5, 0.6) is 11.5 Å². The number of amides is 4. The second kappa shape index (κ2) is 17.3. The van der Waals surface area contributed by atoms with Crippen molar-refractivity contribution >= 4 is 45.9 Å². The topological polar surface area (TPSA) is 174 Å². The number of nitrogens with zero attached hydrogens (tertiary/aromatic N) is 6. The molecule has 1 atom stereocenters. The van der Waals surface area contributed by atoms with E-state index in [0.29, 0.717) is 64.5 Å². The Morgan fingerprint density at radius 3 is 2.28 bits per heavy atom. The van der Waals surface area contributed by atoms with E-state index in [0.717, 1.165) is 18.4 Å². The van der Waals surface area contributed by atoms with E-state index in [1.807, 2.05) is 29.2 Å². The summed E-state index contributed by atoms with van der Waals surface area (Å²) in [6.45, 7) is 1.23. The molecule has 4 amide bonds. The summed E-state index contributed by atoms with van der Waals surface area (Å²) in [7, 11) is 4.64. The Bertz CT molecular complexity index is 3100. The summed E-state index contributed by atoms with van der Waals surface area (Å²) in [5, 5.41) is 16.0. The molecule has 2 aromatic heterocycles. The summed E-state index contributed by atoms with van der Waals surface area (Å²) < 4.78 is 42.9. The molecule has 9 rings (SSSR count). The van der Waals surface area contributed by atoms with E-state index in [9.17, 15) is 24.0 Å². The first-order valence-electron chi connectivity index (χ1n) is 21.1. The van der Waals surface area contributed by atoms with Crippen LogP contribution in [0.4, 0.5) is 20.2 Å². The highest BCUT2D eigenvalue weighted by Gasteiger charge is 2.30. The number of ether oxygens (including phenoxy) is 1. The lowest BCUT2D eigenvalue weighted by Gasteiger charge is -2.34. The maximum absolute atomic E-state index is 17.0. The van der Waals surface area contributed by atoms with Gasteiger partial charge in [-0.15, -0.1) is 0 Å². The Balaban J connectivity index is 0.965. The highest BCUT2D eigenvalue weighted by Crippen LogP contribution is 2.40. The molecule has 1 unspecified atom stereocenters. The number of anilines is 2. The van der Waals surface area contributed by atoms with E-state index < -0.39 is 35.1 Å². The van der Waals surface area contributed by atoms with Gasteiger partial charge in [0.05, 0.1) is 28.2 Å². The molecular formula is C48H43F2N9O6. The number of carbonyl (C=O) groups excluding carboxylic acids is 4. The Hall–Kier alpha value is -7.95. The number of aromatic nitrogens is 5. The summed E-state index contributed by atoms with van der Waals surface area (Å²) in [4.78, 5) is 64.8. The van der Waals surface area contributed by atoms with Gasteiger partial charge in [0.15, 0.2) is 5.69 Å². The molecule has 2 saturated heterocycles. The van der Waals surface area contributed by atoms with Gasteiger partial charge in [0.25, 0.3) is 11.8 Å². The number of benzene rings is 5. The Morgan fingerprint density at radius 2 is 1.57 bits per heavy atom. The minimum absolute atomic E-state index is 0.0224. The van der Waals surface area contributed by atoms with Gasteiger partial charge in [-0.05, 0) is 103 Å². The zero-order valence-corrected chi connectivity index (χ0v) is 35.6. The molecule has 2 aliphatic rings. The molecule has 0 radical (unpaired) electrons. The number of aryl methyl sites for hydroxylation is 2. The fourth-order valence-corrected chi connectivity index (χ4v) is 8.68. The van der Waals surface area contributed by atoms with Crippen molar-refractivity contribution in [2.75, 3.05) is 30.4 Å². The van der Waals surface area contributed by atoms with E-state index in [1.165, 1.54) is 46.5 Å². The average Bonchev–Trinajstić information content (AvgIpc) is 3.84. The van der Waals surface area contributed by atoms with Crippen LogP contribution in [0.3, 0.4) is 0 Å². The highest BCUT2D eigenvalue weighted by molar-refractivity contribution is 6.12. The second-order valence-electron chi connectivity index (χ2n) is 16.1.